The number of hydrogen-bond acceptors (Lipinski definition) is 7. The van der Waals surface area contributed by atoms with E-state index in [9.17, 15) is 4.79 Å². The predicted octanol–water partition coefficient (Wildman–Crippen LogP) is 5.61. The maximum Gasteiger partial charge on any atom is 0.344 e. The highest BCUT2D eigenvalue weighted by Crippen LogP contribution is 2.24. The molecule has 0 saturated heterocycles. The second kappa shape index (κ2) is 8.92. The number of anilines is 2. The number of pyridine rings is 1. The topological polar surface area (TPSA) is 94.3 Å². The second-order valence-corrected chi connectivity index (χ2v) is 8.24. The van der Waals surface area contributed by atoms with Gasteiger partial charge in [-0.05, 0) is 60.2 Å². The van der Waals surface area contributed by atoms with E-state index in [0.717, 1.165) is 27.7 Å². The number of carbonyl (C=O) groups excluding carboxylic acids is 1. The number of nitrogens with zero attached hydrogens (tertiary/aromatic N) is 5. The highest BCUT2D eigenvalue weighted by Gasteiger charge is 2.14. The van der Waals surface area contributed by atoms with Crippen LogP contribution in [0.3, 0.4) is 0 Å². The van der Waals surface area contributed by atoms with Crippen LogP contribution in [0.1, 0.15) is 16.1 Å². The summed E-state index contributed by atoms with van der Waals surface area (Å²) in [6.45, 7) is 1.90. The number of nitrogens with one attached hydrogen (secondary N) is 1. The second-order valence-electron chi connectivity index (χ2n) is 8.24. The molecule has 36 heavy (non-hydrogen) atoms. The molecule has 0 saturated carbocycles. The summed E-state index contributed by atoms with van der Waals surface area (Å²) in [5, 5.41) is 9.81. The van der Waals surface area contributed by atoms with Crippen LogP contribution in [0.2, 0.25) is 0 Å². The number of carbonyl (C=O) groups is 1. The van der Waals surface area contributed by atoms with Crippen LogP contribution in [0, 0.1) is 6.92 Å². The van der Waals surface area contributed by atoms with Gasteiger partial charge in [0.25, 0.3) is 5.78 Å². The number of hydrogen-bond donors (Lipinski definition) is 1. The lowest BCUT2D eigenvalue weighted by Crippen LogP contribution is -2.09. The minimum Gasteiger partial charge on any atom is -0.423 e. The Kier molecular flexibility index (Phi) is 5.31. The van der Waals surface area contributed by atoms with Crippen LogP contribution >= 0.6 is 0 Å². The molecule has 3 aromatic heterocycles. The van der Waals surface area contributed by atoms with Gasteiger partial charge < -0.3 is 10.1 Å². The average Bonchev–Trinajstić information content (AvgIpc) is 3.34. The van der Waals surface area contributed by atoms with Crippen molar-refractivity contribution in [1.82, 2.24) is 24.6 Å². The van der Waals surface area contributed by atoms with Gasteiger partial charge >= 0.3 is 5.97 Å². The van der Waals surface area contributed by atoms with Crippen molar-refractivity contribution in [3.63, 3.8) is 0 Å². The SMILES string of the molecule is Cc1cc(Nc2ccc(OC(=O)c3cccc4ccccc34)cc2)n2nc(-c3cccnc3)nc2n1. The Labute approximate surface area is 206 Å². The fourth-order valence-corrected chi connectivity index (χ4v) is 4.01. The third-order valence-corrected chi connectivity index (χ3v) is 5.71. The summed E-state index contributed by atoms with van der Waals surface area (Å²) in [6, 6.07) is 26.2. The molecule has 0 aliphatic heterocycles. The molecule has 0 amide bonds. The zero-order valence-corrected chi connectivity index (χ0v) is 19.3. The maximum absolute atomic E-state index is 12.8. The Bertz CT molecular complexity index is 1710. The summed E-state index contributed by atoms with van der Waals surface area (Å²) in [4.78, 5) is 26.0. The molecule has 1 N–H and O–H groups in total. The van der Waals surface area contributed by atoms with Gasteiger partial charge in [0, 0.05) is 35.4 Å². The van der Waals surface area contributed by atoms with E-state index in [1.807, 2.05) is 73.7 Å². The molecule has 3 heterocycles. The molecule has 3 aromatic carbocycles. The molecule has 0 bridgehead atoms. The summed E-state index contributed by atoms with van der Waals surface area (Å²) >= 11 is 0. The van der Waals surface area contributed by atoms with Gasteiger partial charge in [-0.1, -0.05) is 36.4 Å². The summed E-state index contributed by atoms with van der Waals surface area (Å²) in [5.41, 5.74) is 2.94. The zero-order valence-electron chi connectivity index (χ0n) is 19.3. The summed E-state index contributed by atoms with van der Waals surface area (Å²) in [7, 11) is 0. The Morgan fingerprint density at radius 2 is 1.75 bits per heavy atom. The van der Waals surface area contributed by atoms with E-state index in [-0.39, 0.29) is 0 Å². The van der Waals surface area contributed by atoms with Gasteiger partial charge in [-0.25, -0.2) is 9.78 Å². The van der Waals surface area contributed by atoms with Crippen LogP contribution in [0.5, 0.6) is 5.75 Å². The maximum atomic E-state index is 12.8. The van der Waals surface area contributed by atoms with Gasteiger partial charge in [-0.15, -0.1) is 5.10 Å². The normalized spacial score (nSPS) is 11.0. The third kappa shape index (κ3) is 4.12. The molecule has 6 rings (SSSR count). The van der Waals surface area contributed by atoms with E-state index in [4.69, 9.17) is 4.74 Å². The minimum atomic E-state index is -0.399. The Hall–Kier alpha value is -5.11. The lowest BCUT2D eigenvalue weighted by Gasteiger charge is -2.10. The fourth-order valence-electron chi connectivity index (χ4n) is 4.01. The van der Waals surface area contributed by atoms with Crippen molar-refractivity contribution in [2.75, 3.05) is 5.32 Å². The van der Waals surface area contributed by atoms with E-state index in [1.54, 1.807) is 35.1 Å². The van der Waals surface area contributed by atoms with Crippen molar-refractivity contribution in [1.29, 1.82) is 0 Å². The minimum absolute atomic E-state index is 0.399. The highest BCUT2D eigenvalue weighted by atomic mass is 16.5. The van der Waals surface area contributed by atoms with Gasteiger partial charge in [-0.3, -0.25) is 4.98 Å². The van der Waals surface area contributed by atoms with Crippen LogP contribution in [0.4, 0.5) is 11.5 Å². The number of fused-ring (bicyclic) bond motifs is 2. The van der Waals surface area contributed by atoms with Crippen LogP contribution < -0.4 is 10.1 Å². The Morgan fingerprint density at radius 1 is 0.917 bits per heavy atom. The van der Waals surface area contributed by atoms with E-state index >= 15 is 0 Å². The molecule has 0 atom stereocenters. The van der Waals surface area contributed by atoms with E-state index in [2.05, 4.69) is 25.4 Å². The van der Waals surface area contributed by atoms with E-state index < -0.39 is 5.97 Å². The first-order chi connectivity index (χ1) is 17.6. The Balaban J connectivity index is 1.24. The fraction of sp³-hybridized carbons (Fsp3) is 0.0357. The van der Waals surface area contributed by atoms with E-state index in [0.29, 0.717) is 28.7 Å². The molecular formula is C28H20N6O2. The van der Waals surface area contributed by atoms with Crippen molar-refractivity contribution in [2.45, 2.75) is 6.92 Å². The van der Waals surface area contributed by atoms with Crippen molar-refractivity contribution in [2.24, 2.45) is 0 Å². The van der Waals surface area contributed by atoms with Gasteiger partial charge in [0.2, 0.25) is 0 Å². The lowest BCUT2D eigenvalue weighted by atomic mass is 10.0. The summed E-state index contributed by atoms with van der Waals surface area (Å²) < 4.78 is 7.30. The quantitative estimate of drug-likeness (QED) is 0.257. The summed E-state index contributed by atoms with van der Waals surface area (Å²) in [5.74, 6) is 1.79. The number of aromatic nitrogens is 5. The first-order valence-electron chi connectivity index (χ1n) is 11.4. The molecule has 0 aliphatic rings. The van der Waals surface area contributed by atoms with Crippen molar-refractivity contribution >= 4 is 34.0 Å². The molecule has 174 valence electrons. The molecule has 0 unspecified atom stereocenters. The molecule has 8 nitrogen and oxygen atoms in total. The van der Waals surface area contributed by atoms with E-state index in [1.165, 1.54) is 0 Å². The van der Waals surface area contributed by atoms with Crippen LogP contribution in [0.15, 0.2) is 97.3 Å². The third-order valence-electron chi connectivity index (χ3n) is 5.71. The smallest absolute Gasteiger partial charge is 0.344 e. The number of benzene rings is 3. The summed E-state index contributed by atoms with van der Waals surface area (Å²) in [6.07, 6.45) is 3.42. The largest absolute Gasteiger partial charge is 0.423 e. The number of rotatable bonds is 5. The van der Waals surface area contributed by atoms with Crippen LogP contribution in [0.25, 0.3) is 27.9 Å². The monoisotopic (exact) mass is 472 g/mol. The number of ether oxygens (including phenoxy) is 1. The molecule has 0 aliphatic carbocycles. The van der Waals surface area contributed by atoms with Gasteiger partial charge in [0.15, 0.2) is 5.82 Å². The average molecular weight is 473 g/mol. The molecule has 0 radical (unpaired) electrons. The van der Waals surface area contributed by atoms with Crippen LogP contribution in [-0.2, 0) is 0 Å². The van der Waals surface area contributed by atoms with Crippen LogP contribution in [-0.4, -0.2) is 30.5 Å². The van der Waals surface area contributed by atoms with Crippen molar-refractivity contribution < 1.29 is 9.53 Å². The zero-order chi connectivity index (χ0) is 24.5. The van der Waals surface area contributed by atoms with Crippen molar-refractivity contribution in [3.8, 4) is 17.1 Å². The molecule has 8 heteroatoms. The van der Waals surface area contributed by atoms with Gasteiger partial charge in [0.1, 0.15) is 11.6 Å². The standard InChI is InChI=1S/C28H20N6O2/c1-18-16-25(34-28(30-18)32-26(33-34)20-8-5-15-29-17-20)31-21-11-13-22(14-12-21)36-27(35)24-10-4-7-19-6-2-3-9-23(19)24/h2-17,31H,1H3. The predicted molar refractivity (Wildman–Crippen MR) is 137 cm³/mol. The Morgan fingerprint density at radius 3 is 2.58 bits per heavy atom. The molecule has 0 spiro atoms. The first-order valence-corrected chi connectivity index (χ1v) is 11.4. The number of aryl methyl sites for hydroxylation is 1. The molecular weight excluding hydrogens is 452 g/mol. The number of esters is 1. The highest BCUT2D eigenvalue weighted by molar-refractivity contribution is 6.05. The lowest BCUT2D eigenvalue weighted by molar-refractivity contribution is 0.0737. The van der Waals surface area contributed by atoms with Gasteiger partial charge in [0.05, 0.1) is 5.56 Å². The molecule has 6 aromatic rings. The molecule has 0 fully saturated rings. The first kappa shape index (κ1) is 21.4. The van der Waals surface area contributed by atoms with Crippen molar-refractivity contribution in [3.05, 3.63) is 109 Å². The van der Waals surface area contributed by atoms with Gasteiger partial charge in [-0.2, -0.15) is 9.50 Å².